The summed E-state index contributed by atoms with van der Waals surface area (Å²) in [6, 6.07) is 7.47. The van der Waals surface area contributed by atoms with Gasteiger partial charge in [0.2, 0.25) is 10.0 Å². The summed E-state index contributed by atoms with van der Waals surface area (Å²) in [6.45, 7) is 3.06. The molecule has 5 heteroatoms. The molecule has 2 N–H and O–H groups in total. The molecular formula is C16H26N2O2S. The number of benzene rings is 1. The van der Waals surface area contributed by atoms with Crippen molar-refractivity contribution in [3.63, 3.8) is 0 Å². The van der Waals surface area contributed by atoms with Gasteiger partial charge >= 0.3 is 0 Å². The molecule has 0 saturated heterocycles. The van der Waals surface area contributed by atoms with Crippen LogP contribution in [0.5, 0.6) is 0 Å². The Bertz CT molecular complexity index is 534. The fourth-order valence-electron chi connectivity index (χ4n) is 2.95. The van der Waals surface area contributed by atoms with Crippen LogP contribution < -0.4 is 5.73 Å². The summed E-state index contributed by atoms with van der Waals surface area (Å²) in [5.41, 5.74) is 7.39. The van der Waals surface area contributed by atoms with Crippen molar-refractivity contribution >= 4 is 15.7 Å². The first-order valence-electron chi connectivity index (χ1n) is 7.87. The Labute approximate surface area is 128 Å². The van der Waals surface area contributed by atoms with Crippen LogP contribution >= 0.6 is 0 Å². The van der Waals surface area contributed by atoms with Crippen LogP contribution in [0.3, 0.4) is 0 Å². The molecule has 0 radical (unpaired) electrons. The van der Waals surface area contributed by atoms with Gasteiger partial charge in [-0.3, -0.25) is 0 Å². The van der Waals surface area contributed by atoms with Gasteiger partial charge in [0.05, 0.1) is 5.25 Å². The van der Waals surface area contributed by atoms with Gasteiger partial charge in [-0.25, -0.2) is 8.42 Å². The molecule has 21 heavy (non-hydrogen) atoms. The average molecular weight is 310 g/mol. The van der Waals surface area contributed by atoms with Gasteiger partial charge in [0, 0.05) is 18.8 Å². The van der Waals surface area contributed by atoms with Crippen molar-refractivity contribution < 1.29 is 8.42 Å². The minimum Gasteiger partial charge on any atom is -0.399 e. The minimum absolute atomic E-state index is 0.188. The predicted molar refractivity (Wildman–Crippen MR) is 87.3 cm³/mol. The van der Waals surface area contributed by atoms with E-state index in [0.29, 0.717) is 18.8 Å². The monoisotopic (exact) mass is 310 g/mol. The lowest BCUT2D eigenvalue weighted by atomic mass is 10.0. The standard InChI is InChI=1S/C16H26N2O2S/c1-2-12-18(13-14-8-10-15(17)11-9-14)21(19,20)16-6-4-3-5-7-16/h8-11,16H,2-7,12-13,17H2,1H3. The summed E-state index contributed by atoms with van der Waals surface area (Å²) in [6.07, 6.45) is 5.69. The molecule has 1 aromatic carbocycles. The summed E-state index contributed by atoms with van der Waals surface area (Å²) in [5.74, 6) is 0. The third-order valence-corrected chi connectivity index (χ3v) is 6.49. The number of sulfonamides is 1. The highest BCUT2D eigenvalue weighted by molar-refractivity contribution is 7.89. The first-order valence-corrected chi connectivity index (χ1v) is 9.37. The largest absolute Gasteiger partial charge is 0.399 e. The van der Waals surface area contributed by atoms with Crippen molar-refractivity contribution in [3.8, 4) is 0 Å². The van der Waals surface area contributed by atoms with E-state index in [2.05, 4.69) is 0 Å². The molecule has 0 heterocycles. The van der Waals surface area contributed by atoms with E-state index >= 15 is 0 Å². The van der Waals surface area contributed by atoms with Crippen molar-refractivity contribution in [2.75, 3.05) is 12.3 Å². The Kier molecular flexibility index (Phi) is 5.65. The minimum atomic E-state index is -3.19. The highest BCUT2D eigenvalue weighted by Crippen LogP contribution is 2.27. The first kappa shape index (κ1) is 16.3. The molecule has 0 unspecified atom stereocenters. The maximum atomic E-state index is 12.8. The zero-order valence-corrected chi connectivity index (χ0v) is 13.6. The van der Waals surface area contributed by atoms with Gasteiger partial charge in [-0.1, -0.05) is 38.3 Å². The molecule has 1 aliphatic rings. The summed E-state index contributed by atoms with van der Waals surface area (Å²) < 4.78 is 27.4. The SMILES string of the molecule is CCCN(Cc1ccc(N)cc1)S(=O)(=O)C1CCCCC1. The lowest BCUT2D eigenvalue weighted by molar-refractivity contribution is 0.382. The predicted octanol–water partition coefficient (Wildman–Crippen LogP) is 3.14. The van der Waals surface area contributed by atoms with E-state index in [0.717, 1.165) is 44.1 Å². The Morgan fingerprint density at radius 1 is 1.14 bits per heavy atom. The highest BCUT2D eigenvalue weighted by atomic mass is 32.2. The molecular weight excluding hydrogens is 284 g/mol. The van der Waals surface area contributed by atoms with Crippen LogP contribution in [0.15, 0.2) is 24.3 Å². The molecule has 0 spiro atoms. The summed E-state index contributed by atoms with van der Waals surface area (Å²) in [7, 11) is -3.19. The van der Waals surface area contributed by atoms with Crippen molar-refractivity contribution in [2.24, 2.45) is 0 Å². The van der Waals surface area contributed by atoms with Gasteiger partial charge in [0.25, 0.3) is 0 Å². The first-order chi connectivity index (χ1) is 10.0. The van der Waals surface area contributed by atoms with Crippen LogP contribution in [0.25, 0.3) is 0 Å². The summed E-state index contributed by atoms with van der Waals surface area (Å²) in [4.78, 5) is 0. The van der Waals surface area contributed by atoms with Gasteiger partial charge in [-0.15, -0.1) is 0 Å². The molecule has 0 aliphatic heterocycles. The Morgan fingerprint density at radius 3 is 2.33 bits per heavy atom. The van der Waals surface area contributed by atoms with Crippen molar-refractivity contribution in [1.82, 2.24) is 4.31 Å². The van der Waals surface area contributed by atoms with Crippen LogP contribution in [-0.2, 0) is 16.6 Å². The van der Waals surface area contributed by atoms with E-state index in [1.165, 1.54) is 0 Å². The van der Waals surface area contributed by atoms with Gasteiger partial charge in [0.1, 0.15) is 0 Å². The molecule has 2 rings (SSSR count). The number of rotatable bonds is 6. The Morgan fingerprint density at radius 2 is 1.76 bits per heavy atom. The van der Waals surface area contributed by atoms with Crippen LogP contribution in [0.1, 0.15) is 51.0 Å². The molecule has 118 valence electrons. The lowest BCUT2D eigenvalue weighted by Crippen LogP contribution is -2.39. The van der Waals surface area contributed by atoms with E-state index in [1.807, 2.05) is 31.2 Å². The number of nitrogens with zero attached hydrogens (tertiary/aromatic N) is 1. The summed E-state index contributed by atoms with van der Waals surface area (Å²) in [5, 5.41) is -0.188. The molecule has 0 aromatic heterocycles. The molecule has 1 fully saturated rings. The highest BCUT2D eigenvalue weighted by Gasteiger charge is 2.32. The molecule has 1 aliphatic carbocycles. The lowest BCUT2D eigenvalue weighted by Gasteiger charge is -2.29. The van der Waals surface area contributed by atoms with E-state index in [9.17, 15) is 8.42 Å². The second kappa shape index (κ2) is 7.27. The van der Waals surface area contributed by atoms with Crippen LogP contribution in [0.4, 0.5) is 5.69 Å². The molecule has 4 nitrogen and oxygen atoms in total. The van der Waals surface area contributed by atoms with E-state index < -0.39 is 10.0 Å². The topological polar surface area (TPSA) is 63.4 Å². The van der Waals surface area contributed by atoms with E-state index in [-0.39, 0.29) is 5.25 Å². The summed E-state index contributed by atoms with van der Waals surface area (Å²) >= 11 is 0. The van der Waals surface area contributed by atoms with Crippen LogP contribution in [0, 0.1) is 0 Å². The number of anilines is 1. The molecule has 1 saturated carbocycles. The second-order valence-electron chi connectivity index (χ2n) is 5.88. The quantitative estimate of drug-likeness (QED) is 0.821. The van der Waals surface area contributed by atoms with Crippen molar-refractivity contribution in [2.45, 2.75) is 57.2 Å². The van der Waals surface area contributed by atoms with Crippen LogP contribution in [-0.4, -0.2) is 24.5 Å². The molecule has 1 aromatic rings. The maximum Gasteiger partial charge on any atom is 0.217 e. The van der Waals surface area contributed by atoms with Crippen molar-refractivity contribution in [1.29, 1.82) is 0 Å². The average Bonchev–Trinajstić information content (AvgIpc) is 2.50. The van der Waals surface area contributed by atoms with Gasteiger partial charge < -0.3 is 5.73 Å². The second-order valence-corrected chi connectivity index (χ2v) is 8.09. The molecule has 0 bridgehead atoms. The van der Waals surface area contributed by atoms with Crippen molar-refractivity contribution in [3.05, 3.63) is 29.8 Å². The Hall–Kier alpha value is -1.07. The fraction of sp³-hybridized carbons (Fsp3) is 0.625. The number of nitrogens with two attached hydrogens (primary N) is 1. The maximum absolute atomic E-state index is 12.8. The Balaban J connectivity index is 2.14. The number of nitrogen functional groups attached to an aromatic ring is 1. The number of hydrogen-bond donors (Lipinski definition) is 1. The zero-order chi connectivity index (χ0) is 15.3. The third kappa shape index (κ3) is 4.20. The zero-order valence-electron chi connectivity index (χ0n) is 12.8. The normalized spacial score (nSPS) is 17.2. The van der Waals surface area contributed by atoms with E-state index in [4.69, 9.17) is 5.73 Å². The number of hydrogen-bond acceptors (Lipinski definition) is 3. The third-order valence-electron chi connectivity index (χ3n) is 4.14. The molecule has 0 atom stereocenters. The fourth-order valence-corrected chi connectivity index (χ4v) is 5.06. The van der Waals surface area contributed by atoms with Gasteiger partial charge in [-0.2, -0.15) is 4.31 Å². The van der Waals surface area contributed by atoms with Gasteiger partial charge in [-0.05, 0) is 37.0 Å². The molecule has 0 amide bonds. The van der Waals surface area contributed by atoms with Gasteiger partial charge in [0.15, 0.2) is 0 Å². The smallest absolute Gasteiger partial charge is 0.217 e. The van der Waals surface area contributed by atoms with E-state index in [1.54, 1.807) is 4.31 Å². The van der Waals surface area contributed by atoms with Crippen LogP contribution in [0.2, 0.25) is 0 Å².